The largest absolute Gasteiger partial charge is 0.405 e. The second-order valence-corrected chi connectivity index (χ2v) is 2.52. The summed E-state index contributed by atoms with van der Waals surface area (Å²) in [7, 11) is 0. The smallest absolute Gasteiger partial charge is 0.361 e. The molecule has 1 heterocycles. The third-order valence-electron chi connectivity index (χ3n) is 1.35. The van der Waals surface area contributed by atoms with Crippen LogP contribution in [0, 0.1) is 6.92 Å². The first-order valence-corrected chi connectivity index (χ1v) is 4.56. The van der Waals surface area contributed by atoms with Crippen molar-refractivity contribution in [1.29, 1.82) is 0 Å². The maximum atomic E-state index is 11.8. The summed E-state index contributed by atoms with van der Waals surface area (Å²) in [5, 5.41) is 2.18. The van der Waals surface area contributed by atoms with Crippen LogP contribution in [0.5, 0.6) is 0 Å². The van der Waals surface area contributed by atoms with Gasteiger partial charge in [-0.15, -0.1) is 0 Å². The molecular weight excluding hydrogens is 207 g/mol. The van der Waals surface area contributed by atoms with Crippen molar-refractivity contribution in [3.05, 3.63) is 18.1 Å². The molecular formula is C9H14F3N3. The fourth-order valence-electron chi connectivity index (χ4n) is 0.768. The second-order valence-electron chi connectivity index (χ2n) is 2.52. The molecule has 0 unspecified atom stereocenters. The number of aromatic nitrogens is 2. The number of rotatable bonds is 2. The average molecular weight is 221 g/mol. The standard InChI is InChI=1S/C7H8F3N3.C2H6/c1-5-2-11-4-13-6(5)12-3-7(8,9)10;1-2/h2,4H,3H2,1H3,(H,11,12,13);1-2H3. The number of aryl methyl sites for hydroxylation is 1. The van der Waals surface area contributed by atoms with Gasteiger partial charge in [0.1, 0.15) is 18.7 Å². The van der Waals surface area contributed by atoms with Crippen molar-refractivity contribution in [1.82, 2.24) is 9.97 Å². The van der Waals surface area contributed by atoms with Crippen molar-refractivity contribution in [3.8, 4) is 0 Å². The third-order valence-corrected chi connectivity index (χ3v) is 1.35. The molecule has 15 heavy (non-hydrogen) atoms. The number of nitrogens with one attached hydrogen (secondary N) is 1. The summed E-state index contributed by atoms with van der Waals surface area (Å²) in [6.45, 7) is 4.56. The molecule has 0 aliphatic rings. The Kier molecular flexibility index (Phi) is 5.66. The number of nitrogens with zero attached hydrogens (tertiary/aromatic N) is 2. The zero-order chi connectivity index (χ0) is 11.9. The lowest BCUT2D eigenvalue weighted by Crippen LogP contribution is -2.22. The van der Waals surface area contributed by atoms with Gasteiger partial charge in [-0.25, -0.2) is 9.97 Å². The van der Waals surface area contributed by atoms with Gasteiger partial charge in [0.05, 0.1) is 0 Å². The van der Waals surface area contributed by atoms with Crippen LogP contribution in [0.2, 0.25) is 0 Å². The minimum absolute atomic E-state index is 0.215. The van der Waals surface area contributed by atoms with E-state index in [1.807, 2.05) is 13.8 Å². The van der Waals surface area contributed by atoms with Crippen LogP contribution < -0.4 is 5.32 Å². The van der Waals surface area contributed by atoms with Gasteiger partial charge in [-0.3, -0.25) is 0 Å². The van der Waals surface area contributed by atoms with E-state index < -0.39 is 12.7 Å². The molecule has 6 heteroatoms. The van der Waals surface area contributed by atoms with Crippen LogP contribution in [0.3, 0.4) is 0 Å². The van der Waals surface area contributed by atoms with E-state index in [0.717, 1.165) is 0 Å². The fourth-order valence-corrected chi connectivity index (χ4v) is 0.768. The molecule has 1 rings (SSSR count). The second kappa shape index (κ2) is 6.21. The van der Waals surface area contributed by atoms with E-state index in [1.165, 1.54) is 12.5 Å². The number of hydrogen-bond acceptors (Lipinski definition) is 3. The van der Waals surface area contributed by atoms with E-state index in [-0.39, 0.29) is 5.82 Å². The Balaban J connectivity index is 0.000000921. The Labute approximate surface area is 86.7 Å². The van der Waals surface area contributed by atoms with Gasteiger partial charge in [-0.1, -0.05) is 13.8 Å². The molecule has 3 nitrogen and oxygen atoms in total. The maximum absolute atomic E-state index is 11.8. The molecule has 0 saturated carbocycles. The summed E-state index contributed by atoms with van der Waals surface area (Å²) >= 11 is 0. The normalized spacial score (nSPS) is 10.3. The van der Waals surface area contributed by atoms with Gasteiger partial charge < -0.3 is 5.32 Å². The molecule has 0 amide bonds. The summed E-state index contributed by atoms with van der Waals surface area (Å²) < 4.78 is 35.3. The first-order chi connectivity index (χ1) is 6.99. The van der Waals surface area contributed by atoms with Gasteiger partial charge in [0, 0.05) is 11.8 Å². The summed E-state index contributed by atoms with van der Waals surface area (Å²) in [5.41, 5.74) is 0.590. The Morgan fingerprint density at radius 3 is 2.40 bits per heavy atom. The SMILES string of the molecule is CC.Cc1cncnc1NCC(F)(F)F. The Bertz CT molecular complexity index is 286. The minimum Gasteiger partial charge on any atom is -0.361 e. The molecule has 0 aliphatic heterocycles. The summed E-state index contributed by atoms with van der Waals surface area (Å²) in [4.78, 5) is 7.32. The van der Waals surface area contributed by atoms with Gasteiger partial charge in [-0.05, 0) is 6.92 Å². The molecule has 0 bridgehead atoms. The highest BCUT2D eigenvalue weighted by molar-refractivity contribution is 5.40. The van der Waals surface area contributed by atoms with Crippen molar-refractivity contribution >= 4 is 5.82 Å². The molecule has 1 aromatic heterocycles. The summed E-state index contributed by atoms with van der Waals surface area (Å²) in [6.07, 6.45) is -1.57. The topological polar surface area (TPSA) is 37.8 Å². The Morgan fingerprint density at radius 1 is 1.33 bits per heavy atom. The fraction of sp³-hybridized carbons (Fsp3) is 0.556. The zero-order valence-electron chi connectivity index (χ0n) is 8.89. The van der Waals surface area contributed by atoms with Crippen LogP contribution in [-0.4, -0.2) is 22.7 Å². The molecule has 0 atom stereocenters. The van der Waals surface area contributed by atoms with Gasteiger partial charge in [-0.2, -0.15) is 13.2 Å². The lowest BCUT2D eigenvalue weighted by atomic mass is 10.3. The van der Waals surface area contributed by atoms with Crippen LogP contribution in [0.15, 0.2) is 12.5 Å². The number of anilines is 1. The quantitative estimate of drug-likeness (QED) is 0.834. The highest BCUT2D eigenvalue weighted by Gasteiger charge is 2.26. The van der Waals surface area contributed by atoms with E-state index in [9.17, 15) is 13.2 Å². The molecule has 0 spiro atoms. The van der Waals surface area contributed by atoms with Crippen molar-refractivity contribution < 1.29 is 13.2 Å². The van der Waals surface area contributed by atoms with Gasteiger partial charge in [0.2, 0.25) is 0 Å². The van der Waals surface area contributed by atoms with E-state index in [0.29, 0.717) is 5.56 Å². The molecule has 0 saturated heterocycles. The molecule has 1 aromatic rings. The summed E-state index contributed by atoms with van der Waals surface area (Å²) in [6, 6.07) is 0. The third kappa shape index (κ3) is 5.87. The highest BCUT2D eigenvalue weighted by atomic mass is 19.4. The molecule has 0 aromatic carbocycles. The Hall–Kier alpha value is -1.33. The Morgan fingerprint density at radius 2 is 1.93 bits per heavy atom. The predicted molar refractivity (Wildman–Crippen MR) is 52.7 cm³/mol. The first-order valence-electron chi connectivity index (χ1n) is 4.56. The molecule has 0 aliphatic carbocycles. The van der Waals surface area contributed by atoms with Gasteiger partial charge in [0.15, 0.2) is 0 Å². The van der Waals surface area contributed by atoms with Crippen molar-refractivity contribution in [2.24, 2.45) is 0 Å². The van der Waals surface area contributed by atoms with Crippen molar-refractivity contribution in [2.75, 3.05) is 11.9 Å². The van der Waals surface area contributed by atoms with E-state index in [1.54, 1.807) is 6.92 Å². The molecule has 1 N–H and O–H groups in total. The van der Waals surface area contributed by atoms with Crippen LogP contribution in [0.4, 0.5) is 19.0 Å². The van der Waals surface area contributed by atoms with Crippen molar-refractivity contribution in [3.63, 3.8) is 0 Å². The number of alkyl halides is 3. The van der Waals surface area contributed by atoms with Gasteiger partial charge in [0.25, 0.3) is 0 Å². The van der Waals surface area contributed by atoms with Crippen LogP contribution in [0.25, 0.3) is 0 Å². The van der Waals surface area contributed by atoms with Gasteiger partial charge >= 0.3 is 6.18 Å². The highest BCUT2D eigenvalue weighted by Crippen LogP contribution is 2.16. The predicted octanol–water partition coefficient (Wildman–Crippen LogP) is 2.79. The molecule has 0 radical (unpaired) electrons. The van der Waals surface area contributed by atoms with Crippen LogP contribution >= 0.6 is 0 Å². The van der Waals surface area contributed by atoms with E-state index in [2.05, 4.69) is 15.3 Å². The first kappa shape index (κ1) is 13.7. The molecule has 86 valence electrons. The average Bonchev–Trinajstić information content (AvgIpc) is 2.18. The monoisotopic (exact) mass is 221 g/mol. The lowest BCUT2D eigenvalue weighted by molar-refractivity contribution is -0.115. The summed E-state index contributed by atoms with van der Waals surface area (Å²) in [5.74, 6) is 0.215. The van der Waals surface area contributed by atoms with Crippen LogP contribution in [-0.2, 0) is 0 Å². The minimum atomic E-state index is -4.22. The number of hydrogen-bond donors (Lipinski definition) is 1. The van der Waals surface area contributed by atoms with E-state index in [4.69, 9.17) is 0 Å². The number of halogens is 3. The maximum Gasteiger partial charge on any atom is 0.405 e. The zero-order valence-corrected chi connectivity index (χ0v) is 8.89. The van der Waals surface area contributed by atoms with E-state index >= 15 is 0 Å². The lowest BCUT2D eigenvalue weighted by Gasteiger charge is -2.09. The molecule has 0 fully saturated rings. The van der Waals surface area contributed by atoms with Crippen molar-refractivity contribution in [2.45, 2.75) is 26.9 Å². The van der Waals surface area contributed by atoms with Crippen LogP contribution in [0.1, 0.15) is 19.4 Å².